The molecule has 0 radical (unpaired) electrons. The molecule has 3 aromatic carbocycles. The maximum atomic E-state index is 12.0. The third kappa shape index (κ3) is 7.48. The Kier molecular flexibility index (Phi) is 9.14. The van der Waals surface area contributed by atoms with Crippen molar-refractivity contribution in [3.05, 3.63) is 95.1 Å². The van der Waals surface area contributed by atoms with Gasteiger partial charge in [0.2, 0.25) is 0 Å². The Morgan fingerprint density at radius 2 is 1.06 bits per heavy atom. The van der Waals surface area contributed by atoms with Crippen LogP contribution in [-0.2, 0) is 9.47 Å². The fraction of sp³-hybridized carbons (Fsp3) is 0.0833. The predicted molar refractivity (Wildman–Crippen MR) is 125 cm³/mol. The van der Waals surface area contributed by atoms with E-state index < -0.39 is 17.2 Å². The summed E-state index contributed by atoms with van der Waals surface area (Å²) in [6.45, 7) is 0. The van der Waals surface area contributed by atoms with Gasteiger partial charge < -0.3 is 20.5 Å². The van der Waals surface area contributed by atoms with Crippen molar-refractivity contribution in [1.82, 2.24) is 0 Å². The Labute approximate surface area is 195 Å². The van der Waals surface area contributed by atoms with Crippen molar-refractivity contribution in [1.29, 1.82) is 0 Å². The summed E-state index contributed by atoms with van der Waals surface area (Å²) in [5.41, 5.74) is 8.46. The lowest BCUT2D eigenvalue weighted by Crippen LogP contribution is -2.12. The highest BCUT2D eigenvalue weighted by Gasteiger charge is 2.09. The van der Waals surface area contributed by atoms with Crippen molar-refractivity contribution in [3.63, 3.8) is 0 Å². The van der Waals surface area contributed by atoms with Gasteiger partial charge in [-0.05, 0) is 84.4 Å². The molecular formula is C24H21ClN2O6. The van der Waals surface area contributed by atoms with Gasteiger partial charge in [0.15, 0.2) is 0 Å². The van der Waals surface area contributed by atoms with Gasteiger partial charge in [0.25, 0.3) is 11.1 Å². The molecule has 9 heteroatoms. The standard InChI is InChI=1S/C15H14N2O3.C9H7ClO3/c1-20-15(19)11-4-2-10(3-5-11)14(18)17-13-8-6-12(16)7-9-13;1-13-9(12)7-4-2-6(3-5-7)8(10)11/h2-9H,16H2,1H3,(H,17,18);2-5H,1H3. The highest BCUT2D eigenvalue weighted by Crippen LogP contribution is 2.13. The predicted octanol–water partition coefficient (Wildman–Crippen LogP) is 4.16. The average molecular weight is 469 g/mol. The van der Waals surface area contributed by atoms with Crippen molar-refractivity contribution in [2.24, 2.45) is 0 Å². The number of hydrogen-bond donors (Lipinski definition) is 2. The Balaban J connectivity index is 0.000000257. The number of carbonyl (C=O) groups is 4. The number of halogens is 1. The van der Waals surface area contributed by atoms with Crippen molar-refractivity contribution < 1.29 is 28.7 Å². The van der Waals surface area contributed by atoms with Crippen LogP contribution < -0.4 is 11.1 Å². The molecule has 0 fully saturated rings. The molecule has 0 heterocycles. The molecule has 33 heavy (non-hydrogen) atoms. The number of hydrogen-bond acceptors (Lipinski definition) is 7. The van der Waals surface area contributed by atoms with E-state index in [1.165, 1.54) is 38.5 Å². The number of carbonyl (C=O) groups excluding carboxylic acids is 4. The maximum absolute atomic E-state index is 12.0. The summed E-state index contributed by atoms with van der Waals surface area (Å²) in [7, 11) is 2.60. The highest BCUT2D eigenvalue weighted by atomic mass is 35.5. The second kappa shape index (κ2) is 12.0. The Hall–Kier alpha value is -4.17. The van der Waals surface area contributed by atoms with Gasteiger partial charge in [-0.15, -0.1) is 0 Å². The van der Waals surface area contributed by atoms with Crippen molar-refractivity contribution >= 4 is 46.1 Å². The minimum atomic E-state index is -0.545. The zero-order valence-electron chi connectivity index (χ0n) is 17.8. The minimum Gasteiger partial charge on any atom is -0.465 e. The molecule has 3 N–H and O–H groups in total. The normalized spacial score (nSPS) is 9.67. The van der Waals surface area contributed by atoms with Crippen LogP contribution in [0.2, 0.25) is 0 Å². The monoisotopic (exact) mass is 468 g/mol. The number of rotatable bonds is 5. The topological polar surface area (TPSA) is 125 Å². The van der Waals surface area contributed by atoms with Gasteiger partial charge in [-0.3, -0.25) is 9.59 Å². The van der Waals surface area contributed by atoms with Crippen LogP contribution in [0.3, 0.4) is 0 Å². The van der Waals surface area contributed by atoms with Crippen molar-refractivity contribution in [3.8, 4) is 0 Å². The van der Waals surface area contributed by atoms with Crippen LogP contribution in [0.15, 0.2) is 72.8 Å². The van der Waals surface area contributed by atoms with Crippen LogP contribution >= 0.6 is 11.6 Å². The quantitative estimate of drug-likeness (QED) is 0.327. The van der Waals surface area contributed by atoms with Crippen LogP contribution in [0.4, 0.5) is 11.4 Å². The molecule has 3 rings (SSSR count). The molecule has 0 unspecified atom stereocenters. The summed E-state index contributed by atoms with van der Waals surface area (Å²) in [5, 5.41) is 2.19. The number of ether oxygens (including phenoxy) is 2. The van der Waals surface area contributed by atoms with Gasteiger partial charge in [-0.25, -0.2) is 9.59 Å². The number of amides is 1. The first-order valence-corrected chi connectivity index (χ1v) is 9.86. The van der Waals surface area contributed by atoms with Crippen LogP contribution in [0, 0.1) is 0 Å². The number of methoxy groups -OCH3 is 2. The van der Waals surface area contributed by atoms with Gasteiger partial charge in [0, 0.05) is 22.5 Å². The molecule has 0 bridgehead atoms. The van der Waals surface area contributed by atoms with E-state index in [2.05, 4.69) is 14.8 Å². The van der Waals surface area contributed by atoms with E-state index in [1.807, 2.05) is 0 Å². The molecule has 0 saturated heterocycles. The lowest BCUT2D eigenvalue weighted by atomic mass is 10.1. The molecule has 3 aromatic rings. The SMILES string of the molecule is COC(=O)c1ccc(C(=O)Cl)cc1.COC(=O)c1ccc(C(=O)Nc2ccc(N)cc2)cc1. The van der Waals surface area contributed by atoms with Crippen molar-refractivity contribution in [2.75, 3.05) is 25.3 Å². The third-order valence-corrected chi connectivity index (χ3v) is 4.49. The third-order valence-electron chi connectivity index (χ3n) is 4.27. The van der Waals surface area contributed by atoms with Crippen LogP contribution in [0.5, 0.6) is 0 Å². The maximum Gasteiger partial charge on any atom is 0.337 e. The first-order valence-electron chi connectivity index (χ1n) is 9.48. The van der Waals surface area contributed by atoms with Gasteiger partial charge in [0.1, 0.15) is 0 Å². The summed E-state index contributed by atoms with van der Waals surface area (Å²) < 4.78 is 9.07. The number of nitrogen functional groups attached to an aromatic ring is 1. The zero-order valence-corrected chi connectivity index (χ0v) is 18.6. The molecule has 170 valence electrons. The van der Waals surface area contributed by atoms with E-state index >= 15 is 0 Å². The van der Waals surface area contributed by atoms with E-state index in [9.17, 15) is 19.2 Å². The second-order valence-electron chi connectivity index (χ2n) is 6.49. The highest BCUT2D eigenvalue weighted by molar-refractivity contribution is 6.67. The molecule has 0 saturated carbocycles. The lowest BCUT2D eigenvalue weighted by molar-refractivity contribution is 0.0592. The molecule has 0 aliphatic heterocycles. The van der Waals surface area contributed by atoms with Crippen LogP contribution in [0.1, 0.15) is 41.4 Å². The van der Waals surface area contributed by atoms with Gasteiger partial charge in [0.05, 0.1) is 25.3 Å². The molecule has 8 nitrogen and oxygen atoms in total. The van der Waals surface area contributed by atoms with Gasteiger partial charge >= 0.3 is 11.9 Å². The molecule has 0 aromatic heterocycles. The first kappa shape index (κ1) is 25.1. The Bertz CT molecular complexity index is 1130. The lowest BCUT2D eigenvalue weighted by Gasteiger charge is -2.06. The fourth-order valence-corrected chi connectivity index (χ4v) is 2.63. The molecular weight excluding hydrogens is 448 g/mol. The molecule has 0 aliphatic carbocycles. The minimum absolute atomic E-state index is 0.258. The smallest absolute Gasteiger partial charge is 0.337 e. The summed E-state index contributed by atoms with van der Waals surface area (Å²) in [4.78, 5) is 44.9. The Morgan fingerprint density at radius 1 is 0.667 bits per heavy atom. The molecule has 1 amide bonds. The fourth-order valence-electron chi connectivity index (χ4n) is 2.50. The Morgan fingerprint density at radius 3 is 1.45 bits per heavy atom. The van der Waals surface area contributed by atoms with E-state index in [0.717, 1.165) is 0 Å². The summed E-state index contributed by atoms with van der Waals surface area (Å²) in [5.74, 6) is -1.13. The molecule has 0 aliphatic rings. The van der Waals surface area contributed by atoms with Crippen LogP contribution in [0.25, 0.3) is 0 Å². The van der Waals surface area contributed by atoms with Crippen LogP contribution in [-0.4, -0.2) is 37.3 Å². The summed E-state index contributed by atoms with van der Waals surface area (Å²) in [6.07, 6.45) is 0. The van der Waals surface area contributed by atoms with E-state index in [1.54, 1.807) is 48.5 Å². The second-order valence-corrected chi connectivity index (χ2v) is 6.83. The molecule has 0 spiro atoms. The molecule has 0 atom stereocenters. The number of nitrogens with two attached hydrogens (primary N) is 1. The van der Waals surface area contributed by atoms with Gasteiger partial charge in [-0.2, -0.15) is 0 Å². The average Bonchev–Trinajstić information content (AvgIpc) is 2.85. The number of esters is 2. The number of nitrogens with one attached hydrogen (secondary N) is 1. The summed E-state index contributed by atoms with van der Waals surface area (Å²) >= 11 is 5.21. The first-order chi connectivity index (χ1) is 15.7. The van der Waals surface area contributed by atoms with Crippen molar-refractivity contribution in [2.45, 2.75) is 0 Å². The van der Waals surface area contributed by atoms with Gasteiger partial charge in [-0.1, -0.05) is 0 Å². The van der Waals surface area contributed by atoms with E-state index in [4.69, 9.17) is 17.3 Å². The zero-order chi connectivity index (χ0) is 24.4. The van der Waals surface area contributed by atoms with E-state index in [0.29, 0.717) is 33.6 Å². The number of benzene rings is 3. The summed E-state index contributed by atoms with van der Waals surface area (Å²) in [6, 6.07) is 19.0. The van der Waals surface area contributed by atoms with E-state index in [-0.39, 0.29) is 5.91 Å². The largest absolute Gasteiger partial charge is 0.465 e. The number of anilines is 2.